The number of ether oxygens (including phenoxy) is 3. The van der Waals surface area contributed by atoms with E-state index < -0.39 is 6.10 Å². The van der Waals surface area contributed by atoms with Gasteiger partial charge in [0.25, 0.3) is 0 Å². The molecule has 0 aromatic rings. The third kappa shape index (κ3) is 56.4. The van der Waals surface area contributed by atoms with E-state index in [2.05, 4.69) is 57.2 Å². The summed E-state index contributed by atoms with van der Waals surface area (Å²) in [6.45, 7) is 6.65. The van der Waals surface area contributed by atoms with E-state index in [1.165, 1.54) is 205 Å². The van der Waals surface area contributed by atoms with Crippen LogP contribution in [0.1, 0.15) is 329 Å². The van der Waals surface area contributed by atoms with Crippen LogP contribution in [-0.4, -0.2) is 37.2 Å². The number of hydrogen-bond donors (Lipinski definition) is 0. The molecule has 404 valence electrons. The van der Waals surface area contributed by atoms with Gasteiger partial charge in [-0.2, -0.15) is 0 Å². The molecule has 6 heteroatoms. The number of carbonyl (C=O) groups excluding carboxylic acids is 3. The van der Waals surface area contributed by atoms with Crippen molar-refractivity contribution in [3.05, 3.63) is 36.5 Å². The average molecular weight is 970 g/mol. The largest absolute Gasteiger partial charge is 0.462 e. The molecule has 0 saturated carbocycles. The van der Waals surface area contributed by atoms with Crippen LogP contribution < -0.4 is 0 Å². The molecule has 0 amide bonds. The summed E-state index contributed by atoms with van der Waals surface area (Å²) in [4.78, 5) is 38.2. The predicted octanol–water partition coefficient (Wildman–Crippen LogP) is 20.4. The van der Waals surface area contributed by atoms with Gasteiger partial charge in [0.1, 0.15) is 13.2 Å². The van der Waals surface area contributed by atoms with E-state index >= 15 is 0 Å². The Hall–Kier alpha value is -2.37. The highest BCUT2D eigenvalue weighted by atomic mass is 16.6. The van der Waals surface area contributed by atoms with Crippen molar-refractivity contribution < 1.29 is 28.6 Å². The second-order valence-electron chi connectivity index (χ2n) is 20.6. The highest BCUT2D eigenvalue weighted by Crippen LogP contribution is 2.17. The van der Waals surface area contributed by atoms with E-state index in [0.717, 1.165) is 83.5 Å². The molecule has 0 aliphatic heterocycles. The Morgan fingerprint density at radius 2 is 0.522 bits per heavy atom. The first kappa shape index (κ1) is 66.6. The maximum atomic E-state index is 12.9. The topological polar surface area (TPSA) is 78.9 Å². The zero-order valence-electron chi connectivity index (χ0n) is 46.3. The van der Waals surface area contributed by atoms with Gasteiger partial charge >= 0.3 is 17.9 Å². The Labute approximate surface area is 429 Å². The van der Waals surface area contributed by atoms with Gasteiger partial charge in [-0.1, -0.05) is 288 Å². The number of allylic oxidation sites excluding steroid dienone is 6. The zero-order chi connectivity index (χ0) is 50.0. The number of unbranched alkanes of at least 4 members (excludes halogenated alkanes) is 39. The molecule has 0 aromatic carbocycles. The summed E-state index contributed by atoms with van der Waals surface area (Å²) in [6, 6.07) is 0. The minimum atomic E-state index is -0.780. The van der Waals surface area contributed by atoms with Crippen molar-refractivity contribution in [3.63, 3.8) is 0 Å². The summed E-state index contributed by atoms with van der Waals surface area (Å²) in [5.74, 6) is -0.875. The molecule has 0 rings (SSSR count). The molecule has 0 bridgehead atoms. The van der Waals surface area contributed by atoms with Crippen LogP contribution in [0.15, 0.2) is 36.5 Å². The highest BCUT2D eigenvalue weighted by Gasteiger charge is 2.19. The van der Waals surface area contributed by atoms with Crippen LogP contribution in [0.2, 0.25) is 0 Å². The van der Waals surface area contributed by atoms with E-state index in [4.69, 9.17) is 14.2 Å². The van der Waals surface area contributed by atoms with Gasteiger partial charge in [-0.05, 0) is 57.8 Å². The molecule has 0 aliphatic rings. The lowest BCUT2D eigenvalue weighted by molar-refractivity contribution is -0.167. The van der Waals surface area contributed by atoms with Crippen LogP contribution in [0.3, 0.4) is 0 Å². The lowest BCUT2D eigenvalue weighted by Gasteiger charge is -2.18. The van der Waals surface area contributed by atoms with Crippen molar-refractivity contribution in [1.82, 2.24) is 0 Å². The fourth-order valence-corrected chi connectivity index (χ4v) is 9.04. The van der Waals surface area contributed by atoms with Gasteiger partial charge in [0.05, 0.1) is 0 Å². The molecule has 0 atom stereocenters. The van der Waals surface area contributed by atoms with Gasteiger partial charge in [0, 0.05) is 19.3 Å². The summed E-state index contributed by atoms with van der Waals surface area (Å²) in [6.07, 6.45) is 69.9. The quantitative estimate of drug-likeness (QED) is 0.0261. The molecular weight excluding hydrogens is 853 g/mol. The van der Waals surface area contributed by atoms with Crippen LogP contribution in [0, 0.1) is 0 Å². The number of rotatable bonds is 56. The molecule has 0 unspecified atom stereocenters. The smallest absolute Gasteiger partial charge is 0.306 e. The van der Waals surface area contributed by atoms with E-state index in [1.54, 1.807) is 0 Å². The summed E-state index contributed by atoms with van der Waals surface area (Å²) in [7, 11) is 0. The van der Waals surface area contributed by atoms with E-state index in [0.29, 0.717) is 19.3 Å². The van der Waals surface area contributed by atoms with Crippen molar-refractivity contribution >= 4 is 17.9 Å². The lowest BCUT2D eigenvalue weighted by Crippen LogP contribution is -2.30. The van der Waals surface area contributed by atoms with E-state index in [-0.39, 0.29) is 31.1 Å². The van der Waals surface area contributed by atoms with Crippen molar-refractivity contribution in [2.75, 3.05) is 13.2 Å². The molecule has 0 N–H and O–H groups in total. The van der Waals surface area contributed by atoms with Crippen molar-refractivity contribution in [2.24, 2.45) is 0 Å². The average Bonchev–Trinajstić information content (AvgIpc) is 3.35. The van der Waals surface area contributed by atoms with Gasteiger partial charge in [-0.25, -0.2) is 0 Å². The Morgan fingerprint density at radius 3 is 0.841 bits per heavy atom. The van der Waals surface area contributed by atoms with Gasteiger partial charge in [0.2, 0.25) is 0 Å². The Kier molecular flexibility index (Phi) is 56.2. The molecule has 69 heavy (non-hydrogen) atoms. The van der Waals surface area contributed by atoms with Gasteiger partial charge in [-0.15, -0.1) is 0 Å². The fraction of sp³-hybridized carbons (Fsp3) is 0.857. The number of esters is 3. The van der Waals surface area contributed by atoms with Crippen molar-refractivity contribution in [1.29, 1.82) is 0 Å². The first-order chi connectivity index (χ1) is 34.0. The molecule has 0 fully saturated rings. The molecule has 0 aliphatic carbocycles. The first-order valence-corrected chi connectivity index (χ1v) is 30.5. The molecule has 0 saturated heterocycles. The molecule has 0 heterocycles. The molecule has 0 spiro atoms. The Bertz CT molecular complexity index is 1100. The molecular formula is C63H116O6. The van der Waals surface area contributed by atoms with Gasteiger partial charge in [-0.3, -0.25) is 14.4 Å². The monoisotopic (exact) mass is 969 g/mol. The third-order valence-electron chi connectivity index (χ3n) is 13.6. The first-order valence-electron chi connectivity index (χ1n) is 30.5. The molecule has 0 radical (unpaired) electrons. The van der Waals surface area contributed by atoms with Crippen LogP contribution in [0.25, 0.3) is 0 Å². The minimum Gasteiger partial charge on any atom is -0.462 e. The zero-order valence-corrected chi connectivity index (χ0v) is 46.3. The predicted molar refractivity (Wildman–Crippen MR) is 298 cm³/mol. The molecule has 0 aromatic heterocycles. The standard InChI is InChI=1S/C63H116O6/c1-4-7-10-13-16-19-22-25-28-31-34-37-40-43-46-49-52-55-61(64)67-58-60(69-63(66)57-54-51-48-45-42-39-36-33-30-27-24-21-18-15-12-9-6-3)59-68-62(65)56-53-50-47-44-41-38-35-32-29-26-23-20-17-14-11-8-5-2/h18,21,27,30,36,39,60H,4-17,19-20,22-26,28-29,31-35,37-38,40-59H2,1-3H3/b21-18-,30-27-,39-36-. The normalized spacial score (nSPS) is 11.8. The number of carbonyl (C=O) groups is 3. The third-order valence-corrected chi connectivity index (χ3v) is 13.6. The van der Waals surface area contributed by atoms with Gasteiger partial charge in [0.15, 0.2) is 6.10 Å². The SMILES string of the molecule is CCCCC/C=C\C/C=C\C/C=C\CCCCCCC(=O)OC(COC(=O)CCCCCCCCCCCCCCCCCCC)COC(=O)CCCCCCCCCCCCCCCCCCC. The highest BCUT2D eigenvalue weighted by molar-refractivity contribution is 5.71. The maximum Gasteiger partial charge on any atom is 0.306 e. The summed E-state index contributed by atoms with van der Waals surface area (Å²) in [5.41, 5.74) is 0. The van der Waals surface area contributed by atoms with Crippen LogP contribution in [0.5, 0.6) is 0 Å². The van der Waals surface area contributed by atoms with Crippen LogP contribution in [0.4, 0.5) is 0 Å². The summed E-state index contributed by atoms with van der Waals surface area (Å²) >= 11 is 0. The van der Waals surface area contributed by atoms with Crippen LogP contribution in [-0.2, 0) is 28.6 Å². The second kappa shape index (κ2) is 58.2. The molecule has 6 nitrogen and oxygen atoms in total. The summed E-state index contributed by atoms with van der Waals surface area (Å²) < 4.78 is 16.9. The second-order valence-corrected chi connectivity index (χ2v) is 20.6. The lowest BCUT2D eigenvalue weighted by atomic mass is 10.0. The van der Waals surface area contributed by atoms with E-state index in [9.17, 15) is 14.4 Å². The van der Waals surface area contributed by atoms with Crippen molar-refractivity contribution in [2.45, 2.75) is 335 Å². The summed E-state index contributed by atoms with van der Waals surface area (Å²) in [5, 5.41) is 0. The van der Waals surface area contributed by atoms with Crippen LogP contribution >= 0.6 is 0 Å². The number of hydrogen-bond acceptors (Lipinski definition) is 6. The van der Waals surface area contributed by atoms with E-state index in [1.807, 2.05) is 0 Å². The Balaban J connectivity index is 4.36. The van der Waals surface area contributed by atoms with Crippen molar-refractivity contribution in [3.8, 4) is 0 Å². The van der Waals surface area contributed by atoms with Gasteiger partial charge < -0.3 is 14.2 Å². The Morgan fingerprint density at radius 1 is 0.290 bits per heavy atom. The minimum absolute atomic E-state index is 0.0762. The fourth-order valence-electron chi connectivity index (χ4n) is 9.04. The maximum absolute atomic E-state index is 12.9.